The van der Waals surface area contributed by atoms with Crippen LogP contribution in [0.15, 0.2) is 18.2 Å². The predicted molar refractivity (Wildman–Crippen MR) is 81.0 cm³/mol. The highest BCUT2D eigenvalue weighted by molar-refractivity contribution is 6.36. The summed E-state index contributed by atoms with van der Waals surface area (Å²) < 4.78 is 0. The Labute approximate surface area is 129 Å². The lowest BCUT2D eigenvalue weighted by molar-refractivity contribution is -0.129. The fourth-order valence-corrected chi connectivity index (χ4v) is 3.58. The van der Waals surface area contributed by atoms with Crippen LogP contribution >= 0.6 is 23.2 Å². The molecule has 20 heavy (non-hydrogen) atoms. The molecule has 0 radical (unpaired) electrons. The van der Waals surface area contributed by atoms with Gasteiger partial charge in [0, 0.05) is 21.0 Å². The van der Waals surface area contributed by atoms with Crippen molar-refractivity contribution >= 4 is 29.0 Å². The van der Waals surface area contributed by atoms with Crippen LogP contribution in [0.1, 0.15) is 50.5 Å². The fourth-order valence-electron chi connectivity index (χ4n) is 2.97. The van der Waals surface area contributed by atoms with E-state index in [0.717, 1.165) is 32.1 Å². The minimum atomic E-state index is -0.876. The number of benzene rings is 1. The Kier molecular flexibility index (Phi) is 4.73. The van der Waals surface area contributed by atoms with Gasteiger partial charge >= 0.3 is 0 Å². The highest BCUT2D eigenvalue weighted by Gasteiger charge is 2.40. The standard InChI is InChI=1S/C16H17Cl2NO/c1-16(8-3-2-4-9-16)15(20)11(10-19)14-12(17)6-5-7-13(14)18/h5-7,11H,2-4,8-9H2,1H3. The van der Waals surface area contributed by atoms with Crippen molar-refractivity contribution in [3.8, 4) is 6.07 Å². The number of hydrogen-bond donors (Lipinski definition) is 0. The van der Waals surface area contributed by atoms with Crippen molar-refractivity contribution in [2.45, 2.75) is 44.9 Å². The Morgan fingerprint density at radius 2 is 1.80 bits per heavy atom. The van der Waals surface area contributed by atoms with Crippen LogP contribution < -0.4 is 0 Å². The average molecular weight is 310 g/mol. The molecule has 1 atom stereocenters. The molecule has 0 bridgehead atoms. The van der Waals surface area contributed by atoms with E-state index in [2.05, 4.69) is 6.07 Å². The number of Topliss-reactive ketones (excluding diaryl/α,β-unsaturated/α-hetero) is 1. The zero-order chi connectivity index (χ0) is 14.8. The maximum Gasteiger partial charge on any atom is 0.160 e. The summed E-state index contributed by atoms with van der Waals surface area (Å²) in [5.41, 5.74) is 0.0244. The highest BCUT2D eigenvalue weighted by Crippen LogP contribution is 2.42. The van der Waals surface area contributed by atoms with Gasteiger partial charge in [0.25, 0.3) is 0 Å². The van der Waals surface area contributed by atoms with Crippen LogP contribution in [0.4, 0.5) is 0 Å². The molecule has 2 rings (SSSR count). The van der Waals surface area contributed by atoms with Gasteiger partial charge in [0.05, 0.1) is 6.07 Å². The van der Waals surface area contributed by atoms with Crippen LogP contribution in [0.3, 0.4) is 0 Å². The molecule has 0 aliphatic heterocycles. The molecule has 1 fully saturated rings. The van der Waals surface area contributed by atoms with Crippen molar-refractivity contribution in [1.82, 2.24) is 0 Å². The van der Waals surface area contributed by atoms with E-state index >= 15 is 0 Å². The van der Waals surface area contributed by atoms with Gasteiger partial charge in [-0.1, -0.05) is 55.5 Å². The Balaban J connectivity index is 2.38. The molecule has 1 unspecified atom stereocenters. The van der Waals surface area contributed by atoms with Gasteiger partial charge in [-0.3, -0.25) is 4.79 Å². The van der Waals surface area contributed by atoms with Crippen molar-refractivity contribution in [2.75, 3.05) is 0 Å². The summed E-state index contributed by atoms with van der Waals surface area (Å²) in [6.07, 6.45) is 4.92. The Morgan fingerprint density at radius 3 is 2.30 bits per heavy atom. The first-order valence-electron chi connectivity index (χ1n) is 6.87. The molecule has 1 aliphatic carbocycles. The fraction of sp³-hybridized carbons (Fsp3) is 0.500. The van der Waals surface area contributed by atoms with Gasteiger partial charge < -0.3 is 0 Å². The van der Waals surface area contributed by atoms with Crippen LogP contribution in [-0.2, 0) is 4.79 Å². The molecule has 2 nitrogen and oxygen atoms in total. The quantitative estimate of drug-likeness (QED) is 0.775. The van der Waals surface area contributed by atoms with Gasteiger partial charge in [-0.15, -0.1) is 0 Å². The number of ketones is 1. The lowest BCUT2D eigenvalue weighted by atomic mass is 9.68. The molecule has 0 amide bonds. The van der Waals surface area contributed by atoms with E-state index < -0.39 is 11.3 Å². The number of rotatable bonds is 3. The van der Waals surface area contributed by atoms with Crippen molar-refractivity contribution in [2.24, 2.45) is 5.41 Å². The number of carbonyl (C=O) groups is 1. The van der Waals surface area contributed by atoms with Crippen molar-refractivity contribution < 1.29 is 4.79 Å². The summed E-state index contributed by atoms with van der Waals surface area (Å²) in [7, 11) is 0. The third-order valence-corrected chi connectivity index (χ3v) is 4.89. The average Bonchev–Trinajstić information content (AvgIpc) is 2.43. The molecule has 1 aromatic rings. The molecule has 1 saturated carbocycles. The predicted octanol–water partition coefficient (Wildman–Crippen LogP) is 5.14. The van der Waals surface area contributed by atoms with E-state index in [1.807, 2.05) is 6.92 Å². The molecule has 106 valence electrons. The number of hydrogen-bond acceptors (Lipinski definition) is 2. The van der Waals surface area contributed by atoms with Crippen molar-refractivity contribution in [3.05, 3.63) is 33.8 Å². The Morgan fingerprint density at radius 1 is 1.25 bits per heavy atom. The first-order chi connectivity index (χ1) is 9.49. The second-order valence-corrected chi connectivity index (χ2v) is 6.50. The first-order valence-corrected chi connectivity index (χ1v) is 7.63. The normalized spacial score (nSPS) is 19.1. The van der Waals surface area contributed by atoms with E-state index in [-0.39, 0.29) is 5.78 Å². The third kappa shape index (κ3) is 2.85. The van der Waals surface area contributed by atoms with Crippen LogP contribution in [0.2, 0.25) is 10.0 Å². The summed E-state index contributed by atoms with van der Waals surface area (Å²) in [4.78, 5) is 12.8. The summed E-state index contributed by atoms with van der Waals surface area (Å²) in [6.45, 7) is 1.96. The van der Waals surface area contributed by atoms with E-state index in [0.29, 0.717) is 15.6 Å². The van der Waals surface area contributed by atoms with Gasteiger partial charge in [-0.2, -0.15) is 5.26 Å². The lowest BCUT2D eigenvalue weighted by Crippen LogP contribution is -2.34. The highest BCUT2D eigenvalue weighted by atomic mass is 35.5. The minimum Gasteiger partial charge on any atom is -0.297 e. The molecule has 0 spiro atoms. The first kappa shape index (κ1) is 15.4. The molecular formula is C16H17Cl2NO. The summed E-state index contributed by atoms with van der Waals surface area (Å²) in [5, 5.41) is 10.2. The molecule has 1 aliphatic rings. The van der Waals surface area contributed by atoms with Crippen LogP contribution in [0.5, 0.6) is 0 Å². The number of halogens is 2. The summed E-state index contributed by atoms with van der Waals surface area (Å²) >= 11 is 12.3. The summed E-state index contributed by atoms with van der Waals surface area (Å²) in [5.74, 6) is -0.922. The van der Waals surface area contributed by atoms with Crippen molar-refractivity contribution in [1.29, 1.82) is 5.26 Å². The van der Waals surface area contributed by atoms with Gasteiger partial charge in [0.15, 0.2) is 5.78 Å². The second kappa shape index (κ2) is 6.16. The molecule has 0 aromatic heterocycles. The molecule has 4 heteroatoms. The number of nitriles is 1. The van der Waals surface area contributed by atoms with Gasteiger partial charge in [-0.25, -0.2) is 0 Å². The van der Waals surface area contributed by atoms with Crippen LogP contribution in [0.25, 0.3) is 0 Å². The maximum atomic E-state index is 12.8. The van der Waals surface area contributed by atoms with Crippen molar-refractivity contribution in [3.63, 3.8) is 0 Å². The van der Waals surface area contributed by atoms with Crippen LogP contribution in [-0.4, -0.2) is 5.78 Å². The number of carbonyl (C=O) groups excluding carboxylic acids is 1. The molecule has 0 heterocycles. The van der Waals surface area contributed by atoms with E-state index in [9.17, 15) is 10.1 Å². The molecular weight excluding hydrogens is 293 g/mol. The molecule has 0 N–H and O–H groups in total. The number of nitrogens with zero attached hydrogens (tertiary/aromatic N) is 1. The lowest BCUT2D eigenvalue weighted by Gasteiger charge is -2.33. The van der Waals surface area contributed by atoms with E-state index in [1.165, 1.54) is 0 Å². The van der Waals surface area contributed by atoms with Gasteiger partial charge in [0.1, 0.15) is 5.92 Å². The molecule has 1 aromatic carbocycles. The third-order valence-electron chi connectivity index (χ3n) is 4.23. The van der Waals surface area contributed by atoms with Gasteiger partial charge in [-0.05, 0) is 25.0 Å². The largest absolute Gasteiger partial charge is 0.297 e. The SMILES string of the molecule is CC1(C(=O)C(C#N)c2c(Cl)cccc2Cl)CCCCC1. The zero-order valence-electron chi connectivity index (χ0n) is 11.5. The Hall–Kier alpha value is -1.04. The Bertz CT molecular complexity index is 536. The minimum absolute atomic E-state index is 0.0466. The topological polar surface area (TPSA) is 40.9 Å². The smallest absolute Gasteiger partial charge is 0.160 e. The van der Waals surface area contributed by atoms with Gasteiger partial charge in [0.2, 0.25) is 0 Å². The maximum absolute atomic E-state index is 12.8. The van der Waals surface area contributed by atoms with E-state index in [4.69, 9.17) is 23.2 Å². The second-order valence-electron chi connectivity index (χ2n) is 5.68. The van der Waals surface area contributed by atoms with Crippen LogP contribution in [0, 0.1) is 16.7 Å². The summed E-state index contributed by atoms with van der Waals surface area (Å²) in [6, 6.07) is 7.16. The molecule has 0 saturated heterocycles. The zero-order valence-corrected chi connectivity index (χ0v) is 13.0. The monoisotopic (exact) mass is 309 g/mol. The van der Waals surface area contributed by atoms with E-state index in [1.54, 1.807) is 18.2 Å².